The summed E-state index contributed by atoms with van der Waals surface area (Å²) >= 11 is 6.14. The molecule has 0 spiro atoms. The number of carbonyl (C=O) groups excluding carboxylic acids is 2. The van der Waals surface area contributed by atoms with Crippen molar-refractivity contribution in [2.24, 2.45) is 5.92 Å². The Hall–Kier alpha value is -1.55. The van der Waals surface area contributed by atoms with E-state index in [-0.39, 0.29) is 17.7 Å². The Bertz CT molecular complexity index is 494. The van der Waals surface area contributed by atoms with Crippen molar-refractivity contribution in [1.29, 1.82) is 0 Å². The smallest absolute Gasteiger partial charge is 0.227 e. The highest BCUT2D eigenvalue weighted by molar-refractivity contribution is 6.31. The molecule has 0 saturated carbocycles. The molecule has 1 aliphatic heterocycles. The van der Waals surface area contributed by atoms with Gasteiger partial charge in [0.15, 0.2) is 0 Å². The first kappa shape index (κ1) is 14.9. The molecule has 108 valence electrons. The lowest BCUT2D eigenvalue weighted by Gasteiger charge is -2.29. The maximum atomic E-state index is 12.5. The highest BCUT2D eigenvalue weighted by Crippen LogP contribution is 2.20. The van der Waals surface area contributed by atoms with E-state index in [1.165, 1.54) is 0 Å². The lowest BCUT2D eigenvalue weighted by atomic mass is 9.97. The Morgan fingerprint density at radius 1 is 1.45 bits per heavy atom. The van der Waals surface area contributed by atoms with Crippen LogP contribution in [-0.4, -0.2) is 29.8 Å². The molecule has 1 aromatic carbocycles. The van der Waals surface area contributed by atoms with Gasteiger partial charge in [0.05, 0.1) is 5.92 Å². The molecule has 1 aliphatic rings. The first-order chi connectivity index (χ1) is 9.61. The molecule has 0 aromatic heterocycles. The summed E-state index contributed by atoms with van der Waals surface area (Å²) in [6.45, 7) is 3.54. The number of hydrogen-bond acceptors (Lipinski definition) is 2. The fourth-order valence-corrected chi connectivity index (χ4v) is 2.58. The molecule has 1 aromatic rings. The van der Waals surface area contributed by atoms with Gasteiger partial charge in [0.25, 0.3) is 0 Å². The first-order valence-corrected chi connectivity index (χ1v) is 7.28. The molecule has 0 aliphatic carbocycles. The number of rotatable bonds is 4. The van der Waals surface area contributed by atoms with Crippen molar-refractivity contribution >= 4 is 23.4 Å². The van der Waals surface area contributed by atoms with E-state index in [2.05, 4.69) is 5.32 Å². The number of piperidine rings is 1. The molecule has 2 amide bonds. The Morgan fingerprint density at radius 3 is 2.80 bits per heavy atom. The summed E-state index contributed by atoms with van der Waals surface area (Å²) in [7, 11) is 0. The van der Waals surface area contributed by atoms with Gasteiger partial charge in [-0.15, -0.1) is 0 Å². The quantitative estimate of drug-likeness (QED) is 0.925. The van der Waals surface area contributed by atoms with Gasteiger partial charge >= 0.3 is 0 Å². The predicted molar refractivity (Wildman–Crippen MR) is 78.3 cm³/mol. The normalized spacial score (nSPS) is 18.5. The van der Waals surface area contributed by atoms with Crippen LogP contribution in [0.15, 0.2) is 24.3 Å². The highest BCUT2D eigenvalue weighted by atomic mass is 35.5. The minimum atomic E-state index is -0.116. The van der Waals surface area contributed by atoms with Gasteiger partial charge in [-0.1, -0.05) is 29.8 Å². The first-order valence-electron chi connectivity index (χ1n) is 6.90. The van der Waals surface area contributed by atoms with Crippen LogP contribution in [0, 0.1) is 5.92 Å². The average Bonchev–Trinajstić information content (AvgIpc) is 2.46. The highest BCUT2D eigenvalue weighted by Gasteiger charge is 2.27. The monoisotopic (exact) mass is 294 g/mol. The van der Waals surface area contributed by atoms with Crippen LogP contribution >= 0.6 is 11.6 Å². The Morgan fingerprint density at radius 2 is 2.20 bits per heavy atom. The summed E-state index contributed by atoms with van der Waals surface area (Å²) in [6, 6.07) is 7.55. The lowest BCUT2D eigenvalue weighted by molar-refractivity contribution is -0.137. The maximum Gasteiger partial charge on any atom is 0.227 e. The van der Waals surface area contributed by atoms with Crippen molar-refractivity contribution in [3.05, 3.63) is 34.9 Å². The number of halogens is 1. The zero-order valence-corrected chi connectivity index (χ0v) is 12.3. The summed E-state index contributed by atoms with van der Waals surface area (Å²) in [5.74, 6) is 0.00533. The zero-order chi connectivity index (χ0) is 14.5. The SMILES string of the molecule is CCN(Cc1ccccc1Cl)C(=O)C1CCC(=O)NC1. The van der Waals surface area contributed by atoms with E-state index in [0.29, 0.717) is 37.5 Å². The van der Waals surface area contributed by atoms with E-state index < -0.39 is 0 Å². The molecule has 4 nitrogen and oxygen atoms in total. The number of hydrogen-bond donors (Lipinski definition) is 1. The largest absolute Gasteiger partial charge is 0.355 e. The summed E-state index contributed by atoms with van der Waals surface area (Å²) in [5, 5.41) is 3.43. The van der Waals surface area contributed by atoms with Crippen molar-refractivity contribution in [3.63, 3.8) is 0 Å². The molecule has 20 heavy (non-hydrogen) atoms. The molecular formula is C15H19ClN2O2. The van der Waals surface area contributed by atoms with Crippen molar-refractivity contribution in [1.82, 2.24) is 10.2 Å². The topological polar surface area (TPSA) is 49.4 Å². The van der Waals surface area contributed by atoms with E-state index in [1.54, 1.807) is 4.90 Å². The average molecular weight is 295 g/mol. The number of carbonyl (C=O) groups is 2. The molecular weight excluding hydrogens is 276 g/mol. The molecule has 2 rings (SSSR count). The second-order valence-corrected chi connectivity index (χ2v) is 5.39. The van der Waals surface area contributed by atoms with Crippen molar-refractivity contribution in [3.8, 4) is 0 Å². The van der Waals surface area contributed by atoms with Gasteiger partial charge in [-0.2, -0.15) is 0 Å². The standard InChI is InChI=1S/C15H19ClN2O2/c1-2-18(10-12-5-3-4-6-13(12)16)15(20)11-7-8-14(19)17-9-11/h3-6,11H,2,7-10H2,1H3,(H,17,19). The van der Waals surface area contributed by atoms with E-state index in [9.17, 15) is 9.59 Å². The second-order valence-electron chi connectivity index (χ2n) is 4.98. The summed E-state index contributed by atoms with van der Waals surface area (Å²) in [6.07, 6.45) is 1.06. The summed E-state index contributed by atoms with van der Waals surface area (Å²) < 4.78 is 0. The molecule has 1 fully saturated rings. The van der Waals surface area contributed by atoms with Crippen LogP contribution in [0.1, 0.15) is 25.3 Å². The maximum absolute atomic E-state index is 12.5. The number of benzene rings is 1. The lowest BCUT2D eigenvalue weighted by Crippen LogP contribution is -2.44. The molecule has 5 heteroatoms. The third-order valence-corrected chi connectivity index (χ3v) is 4.00. The summed E-state index contributed by atoms with van der Waals surface area (Å²) in [4.78, 5) is 25.4. The number of nitrogens with one attached hydrogen (secondary N) is 1. The van der Waals surface area contributed by atoms with Crippen LogP contribution in [0.2, 0.25) is 5.02 Å². The van der Waals surface area contributed by atoms with Gasteiger partial charge in [0.1, 0.15) is 0 Å². The molecule has 1 saturated heterocycles. The molecule has 1 heterocycles. The minimum Gasteiger partial charge on any atom is -0.355 e. The Labute approximate surface area is 124 Å². The van der Waals surface area contributed by atoms with Crippen LogP contribution < -0.4 is 5.32 Å². The number of amides is 2. The Balaban J connectivity index is 2.02. The minimum absolute atomic E-state index is 0.0307. The molecule has 1 N–H and O–H groups in total. The van der Waals surface area contributed by atoms with Crippen molar-refractivity contribution < 1.29 is 9.59 Å². The predicted octanol–water partition coefficient (Wildman–Crippen LogP) is 2.21. The summed E-state index contributed by atoms with van der Waals surface area (Å²) in [5.41, 5.74) is 0.948. The van der Waals surface area contributed by atoms with Gasteiger partial charge in [0.2, 0.25) is 11.8 Å². The van der Waals surface area contributed by atoms with E-state index >= 15 is 0 Å². The van der Waals surface area contributed by atoms with Gasteiger partial charge in [-0.3, -0.25) is 9.59 Å². The van der Waals surface area contributed by atoms with Crippen LogP contribution in [0.25, 0.3) is 0 Å². The van der Waals surface area contributed by atoms with Crippen LogP contribution in [0.5, 0.6) is 0 Å². The van der Waals surface area contributed by atoms with Crippen LogP contribution in [0.3, 0.4) is 0 Å². The third kappa shape index (κ3) is 3.51. The van der Waals surface area contributed by atoms with Crippen molar-refractivity contribution in [2.45, 2.75) is 26.3 Å². The van der Waals surface area contributed by atoms with E-state index in [0.717, 1.165) is 5.56 Å². The van der Waals surface area contributed by atoms with E-state index in [4.69, 9.17) is 11.6 Å². The molecule has 0 radical (unpaired) electrons. The third-order valence-electron chi connectivity index (χ3n) is 3.63. The number of nitrogens with zero attached hydrogens (tertiary/aromatic N) is 1. The van der Waals surface area contributed by atoms with Gasteiger partial charge in [-0.25, -0.2) is 0 Å². The Kier molecular flexibility index (Phi) is 5.01. The van der Waals surface area contributed by atoms with Gasteiger partial charge in [0, 0.05) is 31.1 Å². The fraction of sp³-hybridized carbons (Fsp3) is 0.467. The van der Waals surface area contributed by atoms with Crippen LogP contribution in [-0.2, 0) is 16.1 Å². The second kappa shape index (κ2) is 6.75. The van der Waals surface area contributed by atoms with Crippen molar-refractivity contribution in [2.75, 3.05) is 13.1 Å². The molecule has 0 bridgehead atoms. The molecule has 1 unspecified atom stereocenters. The zero-order valence-electron chi connectivity index (χ0n) is 11.6. The fourth-order valence-electron chi connectivity index (χ4n) is 2.38. The van der Waals surface area contributed by atoms with Gasteiger partial charge in [-0.05, 0) is 25.0 Å². The van der Waals surface area contributed by atoms with E-state index in [1.807, 2.05) is 31.2 Å². The molecule has 1 atom stereocenters. The van der Waals surface area contributed by atoms with Gasteiger partial charge < -0.3 is 10.2 Å². The van der Waals surface area contributed by atoms with Crippen LogP contribution in [0.4, 0.5) is 0 Å².